The Labute approximate surface area is 198 Å². The van der Waals surface area contributed by atoms with Gasteiger partial charge in [-0.2, -0.15) is 26.3 Å². The van der Waals surface area contributed by atoms with Gasteiger partial charge in [0.2, 0.25) is 5.91 Å². The van der Waals surface area contributed by atoms with Crippen LogP contribution >= 0.6 is 12.4 Å². The van der Waals surface area contributed by atoms with Gasteiger partial charge in [0.25, 0.3) is 0 Å². The summed E-state index contributed by atoms with van der Waals surface area (Å²) in [4.78, 5) is 18.4. The molecule has 1 heterocycles. The maximum Gasteiger partial charge on any atom is 0.416 e. The summed E-state index contributed by atoms with van der Waals surface area (Å²) in [7, 11) is 1.41. The van der Waals surface area contributed by atoms with Crippen molar-refractivity contribution in [1.29, 1.82) is 0 Å². The van der Waals surface area contributed by atoms with Crippen LogP contribution in [0.15, 0.2) is 60.9 Å². The summed E-state index contributed by atoms with van der Waals surface area (Å²) in [6.07, 6.45) is -7.02. The molecule has 3 aromatic rings. The normalized spacial score (nSPS) is 12.6. The second kappa shape index (κ2) is 10.0. The molecule has 0 saturated carbocycles. The maximum absolute atomic E-state index is 13.2. The van der Waals surface area contributed by atoms with Crippen LogP contribution in [0.5, 0.6) is 0 Å². The Morgan fingerprint density at radius 3 is 2.00 bits per heavy atom. The van der Waals surface area contributed by atoms with Crippen LogP contribution in [0.1, 0.15) is 35.1 Å². The molecule has 1 unspecified atom stereocenters. The van der Waals surface area contributed by atoms with Gasteiger partial charge in [0, 0.05) is 18.8 Å². The molecule has 0 radical (unpaired) electrons. The van der Waals surface area contributed by atoms with Crippen molar-refractivity contribution in [2.24, 2.45) is 0 Å². The van der Waals surface area contributed by atoms with Gasteiger partial charge in [0.05, 0.1) is 28.9 Å². The van der Waals surface area contributed by atoms with E-state index in [9.17, 15) is 31.1 Å². The molecule has 0 saturated heterocycles. The highest BCUT2D eigenvalue weighted by atomic mass is 35.5. The molecular weight excluding hydrogens is 482 g/mol. The van der Waals surface area contributed by atoms with Crippen molar-refractivity contribution in [3.05, 3.63) is 83.2 Å². The molecule has 0 spiro atoms. The van der Waals surface area contributed by atoms with Crippen molar-refractivity contribution in [3.63, 3.8) is 0 Å². The lowest BCUT2D eigenvalue weighted by Crippen LogP contribution is -2.31. The zero-order valence-electron chi connectivity index (χ0n) is 18.3. The molecule has 34 heavy (non-hydrogen) atoms. The zero-order valence-corrected chi connectivity index (χ0v) is 19.1. The first kappa shape index (κ1) is 27.2. The molecule has 1 aromatic heterocycles. The van der Waals surface area contributed by atoms with E-state index in [1.54, 1.807) is 6.07 Å². The number of carbonyl (C=O) groups excluding carboxylic acids is 1. The van der Waals surface area contributed by atoms with Crippen molar-refractivity contribution < 1.29 is 31.1 Å². The SMILES string of the molecule is Cc1ccccc1-c1ccncc1N(C)C(=O)C(C)c1cc(C(F)(F)F)cc(C(F)(F)F)c1.Cl. The number of aromatic nitrogens is 1. The number of alkyl halides is 6. The number of hydrogen-bond acceptors (Lipinski definition) is 2. The minimum absolute atomic E-state index is 0. The smallest absolute Gasteiger partial charge is 0.313 e. The van der Waals surface area contributed by atoms with E-state index in [0.717, 1.165) is 11.1 Å². The van der Waals surface area contributed by atoms with Crippen molar-refractivity contribution in [2.75, 3.05) is 11.9 Å². The summed E-state index contributed by atoms with van der Waals surface area (Å²) in [5, 5.41) is 0. The quantitative estimate of drug-likeness (QED) is 0.351. The number of likely N-dealkylation sites (N-methyl/N-ethyl adjacent to an activating group) is 1. The Bertz CT molecular complexity index is 1140. The molecule has 3 nitrogen and oxygen atoms in total. The predicted molar refractivity (Wildman–Crippen MR) is 120 cm³/mol. The van der Waals surface area contributed by atoms with Crippen LogP contribution < -0.4 is 4.90 Å². The number of benzene rings is 2. The number of rotatable bonds is 4. The maximum atomic E-state index is 13.2. The number of hydrogen-bond donors (Lipinski definition) is 0. The molecule has 10 heteroatoms. The zero-order chi connectivity index (χ0) is 24.6. The van der Waals surface area contributed by atoms with Crippen molar-refractivity contribution in [3.8, 4) is 11.1 Å². The standard InChI is InChI=1S/C24H20F6N2O.ClH/c1-14-6-4-5-7-19(14)20-8-9-31-13-21(20)32(3)22(33)15(2)16-10-17(23(25,26)27)12-18(11-16)24(28,29)30;/h4-13,15H,1-3H3;1H. The molecule has 1 atom stereocenters. The Hall–Kier alpha value is -3.07. The molecule has 0 N–H and O–H groups in total. The topological polar surface area (TPSA) is 33.2 Å². The largest absolute Gasteiger partial charge is 0.416 e. The second-order valence-corrected chi connectivity index (χ2v) is 7.67. The molecule has 2 aromatic carbocycles. The minimum Gasteiger partial charge on any atom is -0.313 e. The fraction of sp³-hybridized carbons (Fsp3) is 0.250. The summed E-state index contributed by atoms with van der Waals surface area (Å²) in [5.74, 6) is -1.95. The Kier molecular flexibility index (Phi) is 8.03. The number of aryl methyl sites for hydroxylation is 1. The first-order chi connectivity index (χ1) is 15.3. The average molecular weight is 503 g/mol. The number of pyridine rings is 1. The molecule has 0 aliphatic carbocycles. The molecule has 182 valence electrons. The van der Waals surface area contributed by atoms with E-state index in [-0.39, 0.29) is 24.0 Å². The molecule has 1 amide bonds. The lowest BCUT2D eigenvalue weighted by atomic mass is 9.94. The van der Waals surface area contributed by atoms with Gasteiger partial charge in [-0.3, -0.25) is 9.78 Å². The van der Waals surface area contributed by atoms with E-state index in [2.05, 4.69) is 4.98 Å². The van der Waals surface area contributed by atoms with E-state index in [1.165, 1.54) is 31.3 Å². The Morgan fingerprint density at radius 2 is 1.47 bits per heavy atom. The van der Waals surface area contributed by atoms with E-state index in [4.69, 9.17) is 0 Å². The lowest BCUT2D eigenvalue weighted by Gasteiger charge is -2.25. The van der Waals surface area contributed by atoms with Crippen LogP contribution in [0.2, 0.25) is 0 Å². The third kappa shape index (κ3) is 5.70. The third-order valence-corrected chi connectivity index (χ3v) is 5.41. The number of halogens is 7. The van der Waals surface area contributed by atoms with Crippen LogP contribution in [0.25, 0.3) is 11.1 Å². The number of carbonyl (C=O) groups is 1. The highest BCUT2D eigenvalue weighted by molar-refractivity contribution is 6.00. The molecule has 0 aliphatic heterocycles. The predicted octanol–water partition coefficient (Wildman–Crippen LogP) is 7.28. The first-order valence-electron chi connectivity index (χ1n) is 9.87. The molecule has 0 aliphatic rings. The van der Waals surface area contributed by atoms with Crippen LogP contribution in [-0.2, 0) is 17.1 Å². The monoisotopic (exact) mass is 502 g/mol. The van der Waals surface area contributed by atoms with E-state index in [0.29, 0.717) is 23.4 Å². The van der Waals surface area contributed by atoms with Gasteiger partial charge in [-0.05, 0) is 54.8 Å². The van der Waals surface area contributed by atoms with Crippen molar-refractivity contribution in [2.45, 2.75) is 32.1 Å². The van der Waals surface area contributed by atoms with Crippen LogP contribution in [0, 0.1) is 6.92 Å². The van der Waals surface area contributed by atoms with Gasteiger partial charge in [0.1, 0.15) is 0 Å². The third-order valence-electron chi connectivity index (χ3n) is 5.41. The van der Waals surface area contributed by atoms with Crippen LogP contribution in [-0.4, -0.2) is 17.9 Å². The average Bonchev–Trinajstić information content (AvgIpc) is 2.76. The molecular formula is C24H21ClF6N2O. The minimum atomic E-state index is -4.99. The molecule has 3 rings (SSSR count). The second-order valence-electron chi connectivity index (χ2n) is 7.67. The van der Waals surface area contributed by atoms with Crippen LogP contribution in [0.4, 0.5) is 32.0 Å². The fourth-order valence-electron chi connectivity index (χ4n) is 3.54. The molecule has 0 fully saturated rings. The number of amides is 1. The van der Waals surface area contributed by atoms with E-state index < -0.39 is 35.3 Å². The summed E-state index contributed by atoms with van der Waals surface area (Å²) in [6, 6.07) is 10.3. The lowest BCUT2D eigenvalue weighted by molar-refractivity contribution is -0.143. The molecule has 0 bridgehead atoms. The Morgan fingerprint density at radius 1 is 0.912 bits per heavy atom. The highest BCUT2D eigenvalue weighted by Crippen LogP contribution is 2.39. The van der Waals surface area contributed by atoms with Gasteiger partial charge in [-0.25, -0.2) is 0 Å². The summed E-state index contributed by atoms with van der Waals surface area (Å²) >= 11 is 0. The fourth-order valence-corrected chi connectivity index (χ4v) is 3.54. The van der Waals surface area contributed by atoms with Crippen LogP contribution in [0.3, 0.4) is 0 Å². The van der Waals surface area contributed by atoms with Crippen molar-refractivity contribution >= 4 is 24.0 Å². The van der Waals surface area contributed by atoms with Gasteiger partial charge in [0.15, 0.2) is 0 Å². The van der Waals surface area contributed by atoms with Gasteiger partial charge < -0.3 is 4.90 Å². The van der Waals surface area contributed by atoms with Gasteiger partial charge >= 0.3 is 12.4 Å². The summed E-state index contributed by atoms with van der Waals surface area (Å²) < 4.78 is 79.4. The number of nitrogens with zero attached hydrogens (tertiary/aromatic N) is 2. The first-order valence-corrected chi connectivity index (χ1v) is 9.87. The van der Waals surface area contributed by atoms with Gasteiger partial charge in [-0.15, -0.1) is 12.4 Å². The van der Waals surface area contributed by atoms with Gasteiger partial charge in [-0.1, -0.05) is 24.3 Å². The number of anilines is 1. The summed E-state index contributed by atoms with van der Waals surface area (Å²) in [6.45, 7) is 3.16. The van der Waals surface area contributed by atoms with Crippen molar-refractivity contribution in [1.82, 2.24) is 4.98 Å². The van der Waals surface area contributed by atoms with E-state index >= 15 is 0 Å². The highest BCUT2D eigenvalue weighted by Gasteiger charge is 2.38. The summed E-state index contributed by atoms with van der Waals surface area (Å²) in [5.41, 5.74) is -0.520. The Balaban J connectivity index is 0.00000408. The van der Waals surface area contributed by atoms with E-state index in [1.807, 2.05) is 31.2 Å².